The predicted molar refractivity (Wildman–Crippen MR) is 169 cm³/mol. The monoisotopic (exact) mass is 600 g/mol. The lowest BCUT2D eigenvalue weighted by molar-refractivity contribution is -0.114. The van der Waals surface area contributed by atoms with E-state index in [4.69, 9.17) is 9.47 Å². The van der Waals surface area contributed by atoms with Crippen LogP contribution in [0.3, 0.4) is 0 Å². The molecule has 9 heteroatoms. The summed E-state index contributed by atoms with van der Waals surface area (Å²) in [7, 11) is -1.32. The third kappa shape index (κ3) is 7.24. The lowest BCUT2D eigenvalue weighted by atomic mass is 9.86. The molecule has 0 heterocycles. The number of carbonyl (C=O) groups is 2. The predicted octanol–water partition coefficient (Wildman–Crippen LogP) is 6.37. The fraction of sp³-hybridized carbons (Fsp3) is 0.235. The Bertz CT molecular complexity index is 1720. The van der Waals surface area contributed by atoms with Gasteiger partial charge in [0.2, 0.25) is 5.91 Å². The average Bonchev–Trinajstić information content (AvgIpc) is 2.99. The largest absolute Gasteiger partial charge is 0.497 e. The van der Waals surface area contributed by atoms with Gasteiger partial charge in [0.15, 0.2) is 5.78 Å². The van der Waals surface area contributed by atoms with E-state index < -0.39 is 22.5 Å². The van der Waals surface area contributed by atoms with Gasteiger partial charge in [-0.1, -0.05) is 74.9 Å². The van der Waals surface area contributed by atoms with Gasteiger partial charge in [-0.25, -0.2) is 8.42 Å². The number of rotatable bonds is 10. The van der Waals surface area contributed by atoms with Crippen molar-refractivity contribution in [2.75, 3.05) is 30.4 Å². The number of sulfonamides is 1. The maximum Gasteiger partial charge on any atom is 0.264 e. The maximum absolute atomic E-state index is 13.9. The minimum atomic E-state index is -4.20. The summed E-state index contributed by atoms with van der Waals surface area (Å²) in [6.45, 7) is 7.60. The molecular weight excluding hydrogens is 564 g/mol. The van der Waals surface area contributed by atoms with Crippen molar-refractivity contribution in [2.24, 2.45) is 0 Å². The quantitative estimate of drug-likeness (QED) is 0.212. The van der Waals surface area contributed by atoms with E-state index in [0.717, 1.165) is 15.4 Å². The highest BCUT2D eigenvalue weighted by atomic mass is 32.2. The second kappa shape index (κ2) is 12.7. The Labute approximate surface area is 253 Å². The van der Waals surface area contributed by atoms with Gasteiger partial charge in [0.05, 0.1) is 24.8 Å². The SMILES string of the molecule is COc1ccc(OC)c(N(CC(=O)Nc2cccc(C(=O)c3ccc(C(C)(C)C)cc3)c2)S(=O)(=O)c2ccc(C)cc2)c1. The molecule has 0 unspecified atom stereocenters. The Morgan fingerprint density at radius 2 is 1.49 bits per heavy atom. The third-order valence-electron chi connectivity index (χ3n) is 6.97. The number of anilines is 2. The van der Waals surface area contributed by atoms with Gasteiger partial charge in [0.25, 0.3) is 10.0 Å². The van der Waals surface area contributed by atoms with E-state index in [1.54, 1.807) is 60.7 Å². The molecule has 224 valence electrons. The lowest BCUT2D eigenvalue weighted by Crippen LogP contribution is -2.38. The molecular formula is C34H36N2O6S. The van der Waals surface area contributed by atoms with Gasteiger partial charge in [-0.3, -0.25) is 13.9 Å². The van der Waals surface area contributed by atoms with Gasteiger partial charge < -0.3 is 14.8 Å². The van der Waals surface area contributed by atoms with Crippen molar-refractivity contribution in [1.82, 2.24) is 0 Å². The van der Waals surface area contributed by atoms with E-state index >= 15 is 0 Å². The molecule has 4 aromatic rings. The molecule has 4 aromatic carbocycles. The second-order valence-electron chi connectivity index (χ2n) is 11.1. The summed E-state index contributed by atoms with van der Waals surface area (Å²) < 4.78 is 39.5. The number of amides is 1. The van der Waals surface area contributed by atoms with Crippen molar-refractivity contribution in [3.8, 4) is 11.5 Å². The van der Waals surface area contributed by atoms with Crippen molar-refractivity contribution < 1.29 is 27.5 Å². The molecule has 0 radical (unpaired) electrons. The fourth-order valence-electron chi connectivity index (χ4n) is 4.49. The summed E-state index contributed by atoms with van der Waals surface area (Å²) in [4.78, 5) is 26.6. The second-order valence-corrected chi connectivity index (χ2v) is 13.0. The van der Waals surface area contributed by atoms with Crippen LogP contribution in [0.2, 0.25) is 0 Å². The molecule has 43 heavy (non-hydrogen) atoms. The van der Waals surface area contributed by atoms with Gasteiger partial charge in [-0.15, -0.1) is 0 Å². The zero-order chi connectivity index (χ0) is 31.4. The number of ketones is 1. The number of carbonyl (C=O) groups excluding carboxylic acids is 2. The molecule has 0 spiro atoms. The Morgan fingerprint density at radius 1 is 0.814 bits per heavy atom. The standard InChI is InChI=1S/C34H36N2O6S/c1-23-10-17-29(18-11-23)43(39,40)36(30-21-28(41-5)16-19-31(30)42-6)22-32(37)35-27-9-7-8-25(20-27)33(38)24-12-14-26(15-13-24)34(2,3)4/h7-21H,22H2,1-6H3,(H,35,37). The molecule has 8 nitrogen and oxygen atoms in total. The van der Waals surface area contributed by atoms with Crippen LogP contribution in [-0.4, -0.2) is 40.9 Å². The average molecular weight is 601 g/mol. The lowest BCUT2D eigenvalue weighted by Gasteiger charge is -2.26. The number of nitrogens with one attached hydrogen (secondary N) is 1. The van der Waals surface area contributed by atoms with Crippen LogP contribution in [0.1, 0.15) is 47.8 Å². The van der Waals surface area contributed by atoms with E-state index in [1.807, 2.05) is 19.1 Å². The molecule has 0 saturated carbocycles. The molecule has 0 fully saturated rings. The smallest absolute Gasteiger partial charge is 0.264 e. The van der Waals surface area contributed by atoms with Crippen LogP contribution in [0, 0.1) is 6.92 Å². The van der Waals surface area contributed by atoms with Gasteiger partial charge in [-0.05, 0) is 54.3 Å². The molecule has 4 rings (SSSR count). The summed E-state index contributed by atoms with van der Waals surface area (Å²) in [6, 6.07) is 25.1. The fourth-order valence-corrected chi connectivity index (χ4v) is 5.91. The number of hydrogen-bond donors (Lipinski definition) is 1. The topological polar surface area (TPSA) is 102 Å². The maximum atomic E-state index is 13.9. The van der Waals surface area contributed by atoms with Crippen molar-refractivity contribution in [3.63, 3.8) is 0 Å². The minimum Gasteiger partial charge on any atom is -0.497 e. The number of ether oxygens (including phenoxy) is 2. The van der Waals surface area contributed by atoms with Crippen molar-refractivity contribution in [3.05, 3.63) is 113 Å². The van der Waals surface area contributed by atoms with E-state index in [1.165, 1.54) is 32.4 Å². The van der Waals surface area contributed by atoms with Crippen molar-refractivity contribution >= 4 is 33.1 Å². The van der Waals surface area contributed by atoms with E-state index in [2.05, 4.69) is 26.1 Å². The summed E-state index contributed by atoms with van der Waals surface area (Å²) in [5, 5.41) is 2.75. The number of aryl methyl sites for hydroxylation is 1. The van der Waals surface area contributed by atoms with Crippen LogP contribution in [-0.2, 0) is 20.2 Å². The normalized spacial score (nSPS) is 11.5. The summed E-state index contributed by atoms with van der Waals surface area (Å²) in [6.07, 6.45) is 0. The minimum absolute atomic E-state index is 0.0147. The highest BCUT2D eigenvalue weighted by molar-refractivity contribution is 7.92. The molecule has 1 amide bonds. The summed E-state index contributed by atoms with van der Waals surface area (Å²) >= 11 is 0. The van der Waals surface area contributed by atoms with Gasteiger partial charge in [0, 0.05) is 22.9 Å². The molecule has 0 bridgehead atoms. The van der Waals surface area contributed by atoms with E-state index in [0.29, 0.717) is 22.6 Å². The van der Waals surface area contributed by atoms with Crippen LogP contribution in [0.5, 0.6) is 11.5 Å². The zero-order valence-corrected chi connectivity index (χ0v) is 26.0. The molecule has 0 aromatic heterocycles. The third-order valence-corrected chi connectivity index (χ3v) is 8.75. The number of nitrogens with zero attached hydrogens (tertiary/aromatic N) is 1. The number of hydrogen-bond acceptors (Lipinski definition) is 6. The molecule has 0 atom stereocenters. The molecule has 0 aliphatic carbocycles. The Kier molecular flexibility index (Phi) is 9.25. The first-order valence-corrected chi connectivity index (χ1v) is 15.1. The Balaban J connectivity index is 1.63. The van der Waals surface area contributed by atoms with Gasteiger partial charge in [0.1, 0.15) is 18.0 Å². The molecule has 0 saturated heterocycles. The molecule has 1 N–H and O–H groups in total. The van der Waals surface area contributed by atoms with Crippen LogP contribution in [0.4, 0.5) is 11.4 Å². The van der Waals surface area contributed by atoms with Crippen LogP contribution < -0.4 is 19.1 Å². The first-order valence-electron chi connectivity index (χ1n) is 13.7. The molecule has 0 aliphatic rings. The summed E-state index contributed by atoms with van der Waals surface area (Å²) in [5.74, 6) is -0.169. The van der Waals surface area contributed by atoms with E-state index in [9.17, 15) is 18.0 Å². The van der Waals surface area contributed by atoms with Gasteiger partial charge in [-0.2, -0.15) is 0 Å². The van der Waals surface area contributed by atoms with Crippen molar-refractivity contribution in [2.45, 2.75) is 38.0 Å². The van der Waals surface area contributed by atoms with Crippen LogP contribution in [0.25, 0.3) is 0 Å². The summed E-state index contributed by atoms with van der Waals surface area (Å²) in [5.41, 5.74) is 3.37. The highest BCUT2D eigenvalue weighted by Gasteiger charge is 2.30. The Morgan fingerprint density at radius 3 is 2.09 bits per heavy atom. The highest BCUT2D eigenvalue weighted by Crippen LogP contribution is 2.36. The number of methoxy groups -OCH3 is 2. The molecule has 0 aliphatic heterocycles. The van der Waals surface area contributed by atoms with Gasteiger partial charge >= 0.3 is 0 Å². The van der Waals surface area contributed by atoms with Crippen LogP contribution >= 0.6 is 0 Å². The van der Waals surface area contributed by atoms with Crippen LogP contribution in [0.15, 0.2) is 95.9 Å². The first-order chi connectivity index (χ1) is 20.3. The Hall–Kier alpha value is -4.63. The number of benzene rings is 4. The zero-order valence-electron chi connectivity index (χ0n) is 25.2. The first kappa shape index (κ1) is 31.3. The van der Waals surface area contributed by atoms with E-state index in [-0.39, 0.29) is 27.5 Å². The van der Waals surface area contributed by atoms with Crippen molar-refractivity contribution in [1.29, 1.82) is 0 Å².